The summed E-state index contributed by atoms with van der Waals surface area (Å²) in [6, 6.07) is 6.93. The van der Waals surface area contributed by atoms with Crippen molar-refractivity contribution in [1.29, 1.82) is 0 Å². The van der Waals surface area contributed by atoms with E-state index in [0.29, 0.717) is 25.8 Å². The molecule has 6 nitrogen and oxygen atoms in total. The minimum Gasteiger partial charge on any atom is -0.480 e. The van der Waals surface area contributed by atoms with Gasteiger partial charge in [-0.15, -0.1) is 0 Å². The van der Waals surface area contributed by atoms with Crippen molar-refractivity contribution in [1.82, 2.24) is 14.7 Å². The van der Waals surface area contributed by atoms with Crippen LogP contribution in [0.5, 0.6) is 0 Å². The number of aromatic nitrogens is 2. The van der Waals surface area contributed by atoms with E-state index in [-0.39, 0.29) is 5.91 Å². The van der Waals surface area contributed by atoms with E-state index in [0.717, 1.165) is 22.4 Å². The van der Waals surface area contributed by atoms with Gasteiger partial charge < -0.3 is 10.0 Å². The number of amides is 1. The lowest BCUT2D eigenvalue weighted by Gasteiger charge is -2.34. The second-order valence-corrected chi connectivity index (χ2v) is 6.26. The van der Waals surface area contributed by atoms with Gasteiger partial charge in [0.1, 0.15) is 6.04 Å². The summed E-state index contributed by atoms with van der Waals surface area (Å²) in [6.45, 7) is 2.27. The predicted octanol–water partition coefficient (Wildman–Crippen LogP) is 1.70. The number of carboxylic acids is 1. The third-order valence-electron chi connectivity index (χ3n) is 4.58. The summed E-state index contributed by atoms with van der Waals surface area (Å²) in [6.07, 6.45) is 3.13. The fourth-order valence-electron chi connectivity index (χ4n) is 3.29. The number of carboxylic acid groups (broad SMARTS) is 1. The zero-order valence-corrected chi connectivity index (χ0v) is 13.9. The second-order valence-electron chi connectivity index (χ2n) is 6.26. The summed E-state index contributed by atoms with van der Waals surface area (Å²) >= 11 is 0. The van der Waals surface area contributed by atoms with E-state index in [4.69, 9.17) is 0 Å². The van der Waals surface area contributed by atoms with Gasteiger partial charge in [0, 0.05) is 32.6 Å². The van der Waals surface area contributed by atoms with Crippen molar-refractivity contribution in [3.05, 3.63) is 52.8 Å². The number of benzene rings is 1. The zero-order chi connectivity index (χ0) is 17.3. The van der Waals surface area contributed by atoms with E-state index in [1.807, 2.05) is 44.4 Å². The topological polar surface area (TPSA) is 75.4 Å². The Bertz CT molecular complexity index is 782. The van der Waals surface area contributed by atoms with Gasteiger partial charge in [-0.1, -0.05) is 24.3 Å². The Morgan fingerprint density at radius 1 is 1.29 bits per heavy atom. The van der Waals surface area contributed by atoms with Crippen LogP contribution in [0.4, 0.5) is 0 Å². The smallest absolute Gasteiger partial charge is 0.326 e. The lowest BCUT2D eigenvalue weighted by Crippen LogP contribution is -2.48. The fourth-order valence-corrected chi connectivity index (χ4v) is 3.29. The molecular formula is C18H21N3O3. The molecule has 24 heavy (non-hydrogen) atoms. The molecule has 126 valence electrons. The molecule has 2 heterocycles. The molecule has 2 aromatic rings. The van der Waals surface area contributed by atoms with Gasteiger partial charge in [0.25, 0.3) is 0 Å². The van der Waals surface area contributed by atoms with Gasteiger partial charge in [0.15, 0.2) is 0 Å². The Morgan fingerprint density at radius 2 is 2.00 bits per heavy atom. The van der Waals surface area contributed by atoms with Crippen molar-refractivity contribution >= 4 is 11.9 Å². The molecular weight excluding hydrogens is 306 g/mol. The normalized spacial score (nSPS) is 16.8. The van der Waals surface area contributed by atoms with E-state index in [9.17, 15) is 14.7 Å². The molecule has 3 rings (SSSR count). The first-order valence-corrected chi connectivity index (χ1v) is 8.04. The van der Waals surface area contributed by atoms with Gasteiger partial charge in [-0.3, -0.25) is 9.48 Å². The summed E-state index contributed by atoms with van der Waals surface area (Å²) in [5.74, 6) is -1.07. The van der Waals surface area contributed by atoms with Crippen molar-refractivity contribution in [3.8, 4) is 0 Å². The first-order valence-electron chi connectivity index (χ1n) is 8.04. The summed E-state index contributed by atoms with van der Waals surface area (Å²) in [7, 11) is 1.85. The molecule has 1 amide bonds. The molecule has 0 saturated carbocycles. The van der Waals surface area contributed by atoms with Crippen LogP contribution >= 0.6 is 0 Å². The van der Waals surface area contributed by atoms with Gasteiger partial charge >= 0.3 is 5.97 Å². The molecule has 1 N–H and O–H groups in total. The Labute approximate surface area is 140 Å². The molecule has 1 atom stereocenters. The first-order chi connectivity index (χ1) is 11.5. The molecule has 0 unspecified atom stereocenters. The third kappa shape index (κ3) is 3.18. The Morgan fingerprint density at radius 3 is 2.62 bits per heavy atom. The maximum absolute atomic E-state index is 12.6. The molecule has 0 bridgehead atoms. The monoisotopic (exact) mass is 327 g/mol. The van der Waals surface area contributed by atoms with Crippen molar-refractivity contribution < 1.29 is 14.7 Å². The molecule has 1 aromatic carbocycles. The Balaban J connectivity index is 1.75. The van der Waals surface area contributed by atoms with Crippen molar-refractivity contribution in [2.45, 2.75) is 38.8 Å². The van der Waals surface area contributed by atoms with Gasteiger partial charge in [0.05, 0.1) is 5.69 Å². The number of hydrogen-bond donors (Lipinski definition) is 1. The molecule has 1 aliphatic rings. The van der Waals surface area contributed by atoms with E-state index >= 15 is 0 Å². The number of carbonyl (C=O) groups excluding carboxylic acids is 1. The maximum Gasteiger partial charge on any atom is 0.326 e. The van der Waals surface area contributed by atoms with Crippen LogP contribution in [0.25, 0.3) is 0 Å². The van der Waals surface area contributed by atoms with E-state index in [1.54, 1.807) is 4.68 Å². The van der Waals surface area contributed by atoms with Crippen LogP contribution in [0.1, 0.15) is 28.8 Å². The summed E-state index contributed by atoms with van der Waals surface area (Å²) in [5.41, 5.74) is 3.97. The maximum atomic E-state index is 12.6. The summed E-state index contributed by atoms with van der Waals surface area (Å²) in [4.78, 5) is 25.7. The average molecular weight is 327 g/mol. The third-order valence-corrected chi connectivity index (χ3v) is 4.58. The standard InChI is InChI=1S/C18H21N3O3/c1-12-14(10-20(2)19-12)7-8-17(22)21-11-15-6-4-3-5-13(15)9-16(21)18(23)24/h3-6,10,16H,7-9,11H2,1-2H3,(H,23,24)/t16-/m1/s1. The minimum absolute atomic E-state index is 0.125. The molecule has 1 aromatic heterocycles. The van der Waals surface area contributed by atoms with E-state index in [2.05, 4.69) is 5.10 Å². The number of nitrogens with zero attached hydrogens (tertiary/aromatic N) is 3. The van der Waals surface area contributed by atoms with Crippen LogP contribution in [0.15, 0.2) is 30.5 Å². The number of fused-ring (bicyclic) bond motifs is 1. The number of hydrogen-bond acceptors (Lipinski definition) is 3. The fraction of sp³-hybridized carbons (Fsp3) is 0.389. The van der Waals surface area contributed by atoms with E-state index in [1.165, 1.54) is 4.90 Å². The van der Waals surface area contributed by atoms with Crippen LogP contribution in [-0.2, 0) is 36.0 Å². The van der Waals surface area contributed by atoms with Gasteiger partial charge in [-0.25, -0.2) is 4.79 Å². The molecule has 0 fully saturated rings. The highest BCUT2D eigenvalue weighted by Crippen LogP contribution is 2.24. The quantitative estimate of drug-likeness (QED) is 0.927. The lowest BCUT2D eigenvalue weighted by molar-refractivity contribution is -0.151. The highest BCUT2D eigenvalue weighted by atomic mass is 16.4. The number of aliphatic carboxylic acids is 1. The number of aryl methyl sites for hydroxylation is 3. The first kappa shape index (κ1) is 16.2. The average Bonchev–Trinajstić information content (AvgIpc) is 2.88. The van der Waals surface area contributed by atoms with Gasteiger partial charge in [0.2, 0.25) is 5.91 Å². The van der Waals surface area contributed by atoms with Crippen LogP contribution in [0.2, 0.25) is 0 Å². The number of rotatable bonds is 4. The Hall–Kier alpha value is -2.63. The van der Waals surface area contributed by atoms with Crippen molar-refractivity contribution in [3.63, 3.8) is 0 Å². The highest BCUT2D eigenvalue weighted by Gasteiger charge is 2.34. The minimum atomic E-state index is -0.949. The largest absolute Gasteiger partial charge is 0.480 e. The molecule has 0 aliphatic carbocycles. The second kappa shape index (κ2) is 6.47. The molecule has 0 radical (unpaired) electrons. The molecule has 0 spiro atoms. The predicted molar refractivity (Wildman–Crippen MR) is 88.4 cm³/mol. The zero-order valence-electron chi connectivity index (χ0n) is 13.9. The highest BCUT2D eigenvalue weighted by molar-refractivity contribution is 5.84. The van der Waals surface area contributed by atoms with Crippen molar-refractivity contribution in [2.24, 2.45) is 7.05 Å². The Kier molecular flexibility index (Phi) is 4.38. The van der Waals surface area contributed by atoms with Crippen LogP contribution in [0.3, 0.4) is 0 Å². The summed E-state index contributed by atoms with van der Waals surface area (Å²) < 4.78 is 1.73. The molecule has 6 heteroatoms. The lowest BCUT2D eigenvalue weighted by atomic mass is 9.93. The van der Waals surface area contributed by atoms with Gasteiger partial charge in [-0.2, -0.15) is 5.10 Å². The molecule has 0 saturated heterocycles. The summed E-state index contributed by atoms with van der Waals surface area (Å²) in [5, 5.41) is 13.8. The molecule has 1 aliphatic heterocycles. The SMILES string of the molecule is Cc1nn(C)cc1CCC(=O)N1Cc2ccccc2C[C@@H]1C(=O)O. The van der Waals surface area contributed by atoms with Gasteiger partial charge in [-0.05, 0) is 30.0 Å². The van der Waals surface area contributed by atoms with Crippen LogP contribution in [-0.4, -0.2) is 37.7 Å². The van der Waals surface area contributed by atoms with Crippen molar-refractivity contribution in [2.75, 3.05) is 0 Å². The van der Waals surface area contributed by atoms with E-state index < -0.39 is 12.0 Å². The number of carbonyl (C=O) groups is 2. The van der Waals surface area contributed by atoms with Crippen LogP contribution in [0, 0.1) is 6.92 Å². The van der Waals surface area contributed by atoms with Crippen LogP contribution < -0.4 is 0 Å².